The van der Waals surface area contributed by atoms with Gasteiger partial charge < -0.3 is 15.0 Å². The van der Waals surface area contributed by atoms with Gasteiger partial charge in [0.25, 0.3) is 0 Å². The number of likely N-dealkylation sites (tertiary alicyclic amines) is 1. The zero-order chi connectivity index (χ0) is 17.9. The van der Waals surface area contributed by atoms with Crippen molar-refractivity contribution in [2.24, 2.45) is 5.92 Å². The molecule has 136 valence electrons. The Morgan fingerprint density at radius 2 is 2.08 bits per heavy atom. The number of rotatable bonds is 5. The van der Waals surface area contributed by atoms with Gasteiger partial charge in [-0.2, -0.15) is 0 Å². The topological polar surface area (TPSA) is 87.0 Å². The van der Waals surface area contributed by atoms with E-state index >= 15 is 0 Å². The number of aromatic nitrogens is 4. The number of amides is 1. The summed E-state index contributed by atoms with van der Waals surface area (Å²) < 4.78 is 1.79. The van der Waals surface area contributed by atoms with Gasteiger partial charge in [0.2, 0.25) is 5.91 Å². The van der Waals surface area contributed by atoms with E-state index in [1.165, 1.54) is 0 Å². The van der Waals surface area contributed by atoms with Crippen LogP contribution in [0, 0.1) is 5.92 Å². The molecular formula is C19H23N5O2. The average molecular weight is 353 g/mol. The predicted octanol–water partition coefficient (Wildman–Crippen LogP) is 1.73. The first-order chi connectivity index (χ1) is 12.7. The molecule has 1 saturated heterocycles. The Hall–Kier alpha value is -2.67. The van der Waals surface area contributed by atoms with Crippen LogP contribution in [0.15, 0.2) is 36.7 Å². The molecule has 0 bridgehead atoms. The molecule has 1 aliphatic rings. The largest absolute Gasteiger partial charge is 0.390 e. The van der Waals surface area contributed by atoms with Crippen LogP contribution in [-0.4, -0.2) is 49.0 Å². The maximum Gasteiger partial charge on any atom is 0.227 e. The van der Waals surface area contributed by atoms with E-state index in [1.54, 1.807) is 10.9 Å². The molecule has 3 aromatic rings. The van der Waals surface area contributed by atoms with E-state index in [0.29, 0.717) is 18.0 Å². The van der Waals surface area contributed by atoms with Gasteiger partial charge in [-0.3, -0.25) is 9.48 Å². The Morgan fingerprint density at radius 3 is 2.85 bits per heavy atom. The Morgan fingerprint density at radius 1 is 1.27 bits per heavy atom. The molecule has 0 atom stereocenters. The zero-order valence-corrected chi connectivity index (χ0v) is 14.6. The number of nitrogens with one attached hydrogen (secondary N) is 1. The summed E-state index contributed by atoms with van der Waals surface area (Å²) in [7, 11) is 0. The molecule has 2 N–H and O–H groups in total. The fourth-order valence-corrected chi connectivity index (χ4v) is 3.68. The lowest BCUT2D eigenvalue weighted by atomic mass is 9.96. The van der Waals surface area contributed by atoms with Gasteiger partial charge in [-0.15, -0.1) is 5.10 Å². The van der Waals surface area contributed by atoms with Crippen molar-refractivity contribution < 1.29 is 9.90 Å². The first kappa shape index (κ1) is 16.8. The summed E-state index contributed by atoms with van der Waals surface area (Å²) in [5.41, 5.74) is 2.73. The Kier molecular flexibility index (Phi) is 4.71. The van der Waals surface area contributed by atoms with Gasteiger partial charge in [0.1, 0.15) is 5.69 Å². The first-order valence-electron chi connectivity index (χ1n) is 9.05. The van der Waals surface area contributed by atoms with Crippen molar-refractivity contribution >= 4 is 16.8 Å². The van der Waals surface area contributed by atoms with Crippen LogP contribution in [0.2, 0.25) is 0 Å². The molecule has 3 heterocycles. The van der Waals surface area contributed by atoms with E-state index in [-0.39, 0.29) is 12.5 Å². The van der Waals surface area contributed by atoms with E-state index in [2.05, 4.69) is 21.4 Å². The van der Waals surface area contributed by atoms with Crippen molar-refractivity contribution in [3.05, 3.63) is 47.9 Å². The molecule has 2 aromatic heterocycles. The van der Waals surface area contributed by atoms with Crippen molar-refractivity contribution in [1.29, 1.82) is 0 Å². The molecule has 0 saturated carbocycles. The minimum absolute atomic E-state index is 0.0826. The van der Waals surface area contributed by atoms with Gasteiger partial charge in [0.15, 0.2) is 0 Å². The Bertz CT molecular complexity index is 892. The Balaban J connectivity index is 1.32. The highest BCUT2D eigenvalue weighted by Crippen LogP contribution is 2.22. The molecule has 1 aliphatic heterocycles. The van der Waals surface area contributed by atoms with E-state index < -0.39 is 0 Å². The van der Waals surface area contributed by atoms with Crippen LogP contribution < -0.4 is 0 Å². The minimum Gasteiger partial charge on any atom is -0.390 e. The second kappa shape index (κ2) is 7.29. The monoisotopic (exact) mass is 353 g/mol. The van der Waals surface area contributed by atoms with Crippen LogP contribution in [-0.2, 0) is 24.4 Å². The molecule has 0 unspecified atom stereocenters. The summed E-state index contributed by atoms with van der Waals surface area (Å²) >= 11 is 0. The SMILES string of the molecule is O=C(Cc1c[nH]c2ccccc12)N1CCC(Cn2cc(CO)nn2)CC1. The summed E-state index contributed by atoms with van der Waals surface area (Å²) in [4.78, 5) is 17.9. The minimum atomic E-state index is -0.0826. The van der Waals surface area contributed by atoms with Crippen molar-refractivity contribution in [1.82, 2.24) is 24.9 Å². The summed E-state index contributed by atoms with van der Waals surface area (Å²) in [5, 5.41) is 18.1. The number of aromatic amines is 1. The first-order valence-corrected chi connectivity index (χ1v) is 9.05. The molecule has 1 amide bonds. The molecule has 7 heteroatoms. The van der Waals surface area contributed by atoms with Crippen LogP contribution in [0.5, 0.6) is 0 Å². The lowest BCUT2D eigenvalue weighted by Gasteiger charge is -2.32. The van der Waals surface area contributed by atoms with Gasteiger partial charge >= 0.3 is 0 Å². The number of piperidine rings is 1. The lowest BCUT2D eigenvalue weighted by Crippen LogP contribution is -2.40. The van der Waals surface area contributed by atoms with Gasteiger partial charge in [-0.05, 0) is 30.4 Å². The quantitative estimate of drug-likeness (QED) is 0.731. The standard InChI is InChI=1S/C19H23N5O2/c25-13-16-12-24(22-21-16)11-14-5-7-23(8-6-14)19(26)9-15-10-20-18-4-2-1-3-17(15)18/h1-4,10,12,14,20,25H,5-9,11,13H2. The van der Waals surface area contributed by atoms with Crippen molar-refractivity contribution in [3.8, 4) is 0 Å². The van der Waals surface area contributed by atoms with Gasteiger partial charge in [0.05, 0.1) is 19.2 Å². The van der Waals surface area contributed by atoms with E-state index in [9.17, 15) is 4.79 Å². The third kappa shape index (κ3) is 3.48. The highest BCUT2D eigenvalue weighted by molar-refractivity contribution is 5.88. The van der Waals surface area contributed by atoms with Crippen molar-refractivity contribution in [3.63, 3.8) is 0 Å². The van der Waals surface area contributed by atoms with E-state index in [0.717, 1.165) is 48.9 Å². The number of aliphatic hydroxyl groups is 1. The smallest absolute Gasteiger partial charge is 0.227 e. The number of carbonyl (C=O) groups is 1. The number of benzene rings is 1. The number of fused-ring (bicyclic) bond motifs is 1. The van der Waals surface area contributed by atoms with Crippen LogP contribution in [0.1, 0.15) is 24.1 Å². The molecule has 26 heavy (non-hydrogen) atoms. The average Bonchev–Trinajstić information content (AvgIpc) is 3.29. The predicted molar refractivity (Wildman–Crippen MR) is 97.3 cm³/mol. The third-order valence-corrected chi connectivity index (χ3v) is 5.18. The van der Waals surface area contributed by atoms with Gasteiger partial charge in [0, 0.05) is 36.7 Å². The number of nitrogens with zero attached hydrogens (tertiary/aromatic N) is 4. The van der Waals surface area contributed by atoms with Crippen LogP contribution >= 0.6 is 0 Å². The second-order valence-corrected chi connectivity index (χ2v) is 6.95. The third-order valence-electron chi connectivity index (χ3n) is 5.18. The Labute approximate surface area is 151 Å². The number of carbonyl (C=O) groups excluding carboxylic acids is 1. The highest BCUT2D eigenvalue weighted by Gasteiger charge is 2.24. The van der Waals surface area contributed by atoms with Crippen molar-refractivity contribution in [2.45, 2.75) is 32.4 Å². The van der Waals surface area contributed by atoms with Gasteiger partial charge in [-0.25, -0.2) is 0 Å². The molecule has 4 rings (SSSR count). The number of hydrogen-bond acceptors (Lipinski definition) is 4. The van der Waals surface area contributed by atoms with Crippen molar-refractivity contribution in [2.75, 3.05) is 13.1 Å². The van der Waals surface area contributed by atoms with Crippen LogP contribution in [0.3, 0.4) is 0 Å². The molecule has 7 nitrogen and oxygen atoms in total. The van der Waals surface area contributed by atoms with Crippen LogP contribution in [0.25, 0.3) is 10.9 Å². The molecule has 0 radical (unpaired) electrons. The highest BCUT2D eigenvalue weighted by atomic mass is 16.3. The lowest BCUT2D eigenvalue weighted by molar-refractivity contribution is -0.131. The maximum atomic E-state index is 12.7. The van der Waals surface area contributed by atoms with E-state index in [4.69, 9.17) is 5.11 Å². The normalized spacial score (nSPS) is 15.7. The number of hydrogen-bond donors (Lipinski definition) is 2. The molecule has 1 fully saturated rings. The molecule has 0 aliphatic carbocycles. The van der Waals surface area contributed by atoms with E-state index in [1.807, 2.05) is 29.3 Å². The summed E-state index contributed by atoms with van der Waals surface area (Å²) in [6, 6.07) is 8.08. The number of aliphatic hydroxyl groups excluding tert-OH is 1. The van der Waals surface area contributed by atoms with Gasteiger partial charge in [-0.1, -0.05) is 23.4 Å². The fourth-order valence-electron chi connectivity index (χ4n) is 3.68. The number of para-hydroxylation sites is 1. The summed E-state index contributed by atoms with van der Waals surface area (Å²) in [5.74, 6) is 0.678. The zero-order valence-electron chi connectivity index (χ0n) is 14.6. The van der Waals surface area contributed by atoms with Crippen LogP contribution in [0.4, 0.5) is 0 Å². The maximum absolute atomic E-state index is 12.7. The molecular weight excluding hydrogens is 330 g/mol. The molecule has 0 spiro atoms. The second-order valence-electron chi connectivity index (χ2n) is 6.95. The fraction of sp³-hybridized carbons (Fsp3) is 0.421. The summed E-state index contributed by atoms with van der Waals surface area (Å²) in [6.07, 6.45) is 6.10. The number of H-pyrrole nitrogens is 1. The molecule has 1 aromatic carbocycles. The summed E-state index contributed by atoms with van der Waals surface area (Å²) in [6.45, 7) is 2.28.